The number of nitrogens with one attached hydrogen (secondary N) is 1. The van der Waals surface area contributed by atoms with Crippen molar-refractivity contribution in [2.24, 2.45) is 0 Å². The highest BCUT2D eigenvalue weighted by Crippen LogP contribution is 2.30. The predicted molar refractivity (Wildman–Crippen MR) is 118 cm³/mol. The second kappa shape index (κ2) is 9.21. The number of ether oxygens (including phenoxy) is 1. The molecule has 154 valence electrons. The lowest BCUT2D eigenvalue weighted by molar-refractivity contribution is 0.0158. The minimum absolute atomic E-state index is 0. The number of morpholine rings is 1. The fourth-order valence-electron chi connectivity index (χ4n) is 3.54. The molecule has 0 aliphatic carbocycles. The van der Waals surface area contributed by atoms with Crippen molar-refractivity contribution in [3.05, 3.63) is 73.1 Å². The first-order valence-corrected chi connectivity index (χ1v) is 9.80. The Morgan fingerprint density at radius 3 is 2.50 bits per heavy atom. The van der Waals surface area contributed by atoms with Crippen molar-refractivity contribution >= 4 is 12.4 Å². The van der Waals surface area contributed by atoms with Crippen molar-refractivity contribution < 1.29 is 4.74 Å². The van der Waals surface area contributed by atoms with E-state index in [0.717, 1.165) is 47.9 Å². The molecule has 8 heteroatoms. The van der Waals surface area contributed by atoms with Gasteiger partial charge in [-0.05, 0) is 12.1 Å². The number of para-hydroxylation sites is 1. The lowest BCUT2D eigenvalue weighted by Gasteiger charge is -2.23. The molecule has 1 saturated heterocycles. The molecule has 1 aliphatic heterocycles. The molecule has 5 rings (SSSR count). The summed E-state index contributed by atoms with van der Waals surface area (Å²) in [7, 11) is 0. The van der Waals surface area contributed by atoms with Gasteiger partial charge in [0.2, 0.25) is 0 Å². The van der Waals surface area contributed by atoms with Crippen LogP contribution in [0.15, 0.2) is 73.1 Å². The molecule has 0 spiro atoms. The van der Waals surface area contributed by atoms with Crippen LogP contribution in [0.25, 0.3) is 28.2 Å². The van der Waals surface area contributed by atoms with E-state index in [1.54, 1.807) is 0 Å². The van der Waals surface area contributed by atoms with E-state index in [9.17, 15) is 0 Å². The highest BCUT2D eigenvalue weighted by Gasteiger charge is 2.19. The van der Waals surface area contributed by atoms with Gasteiger partial charge in [-0.1, -0.05) is 53.7 Å². The summed E-state index contributed by atoms with van der Waals surface area (Å²) in [6.07, 6.45) is 4.10. The van der Waals surface area contributed by atoms with Crippen LogP contribution in [0.1, 0.15) is 0 Å². The number of aromatic nitrogens is 5. The number of nitrogens with zero attached hydrogens (tertiary/aromatic N) is 5. The lowest BCUT2D eigenvalue weighted by Crippen LogP contribution is -2.40. The molecule has 1 fully saturated rings. The number of hydrogen-bond donors (Lipinski definition) is 1. The maximum atomic E-state index is 5.78. The SMILES string of the molecule is Cl.c1ccc(-c2nn(-c3ccccc3)cc2-c2cn(CC3CNCCO3)nn2)cc1. The van der Waals surface area contributed by atoms with Crippen LogP contribution in [0.4, 0.5) is 0 Å². The minimum Gasteiger partial charge on any atom is -0.374 e. The van der Waals surface area contributed by atoms with E-state index in [2.05, 4.69) is 27.8 Å². The number of halogens is 1. The van der Waals surface area contributed by atoms with Gasteiger partial charge in [-0.15, -0.1) is 17.5 Å². The second-order valence-electron chi connectivity index (χ2n) is 7.06. The van der Waals surface area contributed by atoms with Crippen molar-refractivity contribution in [2.45, 2.75) is 12.6 Å². The van der Waals surface area contributed by atoms with Crippen LogP contribution in [0, 0.1) is 0 Å². The molecule has 1 N–H and O–H groups in total. The minimum atomic E-state index is 0. The van der Waals surface area contributed by atoms with E-state index in [1.165, 1.54) is 0 Å². The van der Waals surface area contributed by atoms with Crippen LogP contribution >= 0.6 is 12.4 Å². The summed E-state index contributed by atoms with van der Waals surface area (Å²) in [5.41, 5.74) is 4.69. The maximum absolute atomic E-state index is 5.78. The zero-order valence-electron chi connectivity index (χ0n) is 16.4. The average molecular weight is 423 g/mol. The molecule has 2 aromatic heterocycles. The van der Waals surface area contributed by atoms with Gasteiger partial charge in [-0.3, -0.25) is 0 Å². The topological polar surface area (TPSA) is 69.8 Å². The summed E-state index contributed by atoms with van der Waals surface area (Å²) in [5.74, 6) is 0. The standard InChI is InChI=1S/C22H22N6O.ClH/c1-3-7-17(8-4-1)22-20(15-28(25-22)18-9-5-2-6-10-18)21-16-27(26-24-21)14-19-13-23-11-12-29-19;/h1-10,15-16,19,23H,11-14H2;1H. The molecule has 1 aliphatic rings. The molecule has 7 nitrogen and oxygen atoms in total. The predicted octanol–water partition coefficient (Wildman–Crippen LogP) is 3.21. The summed E-state index contributed by atoms with van der Waals surface area (Å²) in [6, 6.07) is 20.3. The molecule has 1 unspecified atom stereocenters. The van der Waals surface area contributed by atoms with Crippen molar-refractivity contribution in [1.29, 1.82) is 0 Å². The van der Waals surface area contributed by atoms with E-state index in [0.29, 0.717) is 6.54 Å². The Kier molecular flexibility index (Phi) is 6.23. The van der Waals surface area contributed by atoms with Crippen LogP contribution in [-0.4, -0.2) is 50.6 Å². The fraction of sp³-hybridized carbons (Fsp3) is 0.227. The van der Waals surface area contributed by atoms with Gasteiger partial charge in [0.05, 0.1) is 36.7 Å². The summed E-state index contributed by atoms with van der Waals surface area (Å²) in [5, 5.41) is 17.0. The zero-order valence-corrected chi connectivity index (χ0v) is 17.2. The first kappa shape index (κ1) is 20.3. The van der Waals surface area contributed by atoms with Crippen LogP contribution in [-0.2, 0) is 11.3 Å². The van der Waals surface area contributed by atoms with Crippen molar-refractivity contribution in [3.63, 3.8) is 0 Å². The largest absolute Gasteiger partial charge is 0.374 e. The maximum Gasteiger partial charge on any atom is 0.116 e. The number of hydrogen-bond acceptors (Lipinski definition) is 5. The van der Waals surface area contributed by atoms with E-state index >= 15 is 0 Å². The van der Waals surface area contributed by atoms with Gasteiger partial charge in [0, 0.05) is 24.8 Å². The molecule has 0 amide bonds. The van der Waals surface area contributed by atoms with Gasteiger partial charge >= 0.3 is 0 Å². The van der Waals surface area contributed by atoms with Crippen LogP contribution < -0.4 is 5.32 Å². The summed E-state index contributed by atoms with van der Waals surface area (Å²) >= 11 is 0. The Bertz CT molecular complexity index is 1070. The Morgan fingerprint density at radius 2 is 1.77 bits per heavy atom. The molecule has 0 saturated carbocycles. The smallest absolute Gasteiger partial charge is 0.116 e. The molecular weight excluding hydrogens is 400 g/mol. The fourth-order valence-corrected chi connectivity index (χ4v) is 3.54. The Labute approximate surface area is 181 Å². The van der Waals surface area contributed by atoms with Crippen molar-refractivity contribution in [3.8, 4) is 28.2 Å². The summed E-state index contributed by atoms with van der Waals surface area (Å²) in [4.78, 5) is 0. The zero-order chi connectivity index (χ0) is 19.5. The van der Waals surface area contributed by atoms with Gasteiger partial charge in [0.1, 0.15) is 11.4 Å². The normalized spacial score (nSPS) is 16.2. The van der Waals surface area contributed by atoms with Gasteiger partial charge in [-0.2, -0.15) is 5.10 Å². The highest BCUT2D eigenvalue weighted by atomic mass is 35.5. The van der Waals surface area contributed by atoms with Gasteiger partial charge in [0.15, 0.2) is 0 Å². The molecule has 0 radical (unpaired) electrons. The quantitative estimate of drug-likeness (QED) is 0.534. The van der Waals surface area contributed by atoms with Crippen LogP contribution in [0.3, 0.4) is 0 Å². The molecule has 4 aromatic rings. The highest BCUT2D eigenvalue weighted by molar-refractivity contribution is 5.85. The van der Waals surface area contributed by atoms with Crippen LogP contribution in [0.5, 0.6) is 0 Å². The molecule has 30 heavy (non-hydrogen) atoms. The first-order chi connectivity index (χ1) is 14.4. The Morgan fingerprint density at radius 1 is 1.00 bits per heavy atom. The third-order valence-corrected chi connectivity index (χ3v) is 4.99. The van der Waals surface area contributed by atoms with Crippen molar-refractivity contribution in [2.75, 3.05) is 19.7 Å². The Balaban J connectivity index is 0.00000218. The molecule has 2 aromatic carbocycles. The number of benzene rings is 2. The van der Waals surface area contributed by atoms with Gasteiger partial charge in [0.25, 0.3) is 0 Å². The molecule has 0 bridgehead atoms. The van der Waals surface area contributed by atoms with E-state index in [1.807, 2.05) is 70.3 Å². The van der Waals surface area contributed by atoms with Crippen LogP contribution in [0.2, 0.25) is 0 Å². The number of rotatable bonds is 5. The molecule has 3 heterocycles. The van der Waals surface area contributed by atoms with E-state index in [-0.39, 0.29) is 18.5 Å². The van der Waals surface area contributed by atoms with E-state index in [4.69, 9.17) is 9.84 Å². The monoisotopic (exact) mass is 422 g/mol. The molecular formula is C22H23ClN6O. The molecule has 1 atom stereocenters. The van der Waals surface area contributed by atoms with Gasteiger partial charge in [-0.25, -0.2) is 9.36 Å². The third kappa shape index (κ3) is 4.28. The Hall–Kier alpha value is -3.00. The van der Waals surface area contributed by atoms with Crippen molar-refractivity contribution in [1.82, 2.24) is 30.1 Å². The third-order valence-electron chi connectivity index (χ3n) is 4.99. The lowest BCUT2D eigenvalue weighted by atomic mass is 10.1. The average Bonchev–Trinajstić information content (AvgIpc) is 3.43. The first-order valence-electron chi connectivity index (χ1n) is 9.80. The van der Waals surface area contributed by atoms with Gasteiger partial charge < -0.3 is 10.1 Å². The summed E-state index contributed by atoms with van der Waals surface area (Å²) < 4.78 is 9.53. The summed E-state index contributed by atoms with van der Waals surface area (Å²) in [6.45, 7) is 3.14. The van der Waals surface area contributed by atoms with E-state index < -0.39 is 0 Å². The second-order valence-corrected chi connectivity index (χ2v) is 7.06.